The highest BCUT2D eigenvalue weighted by Crippen LogP contribution is 2.36. The predicted molar refractivity (Wildman–Crippen MR) is 136 cm³/mol. The number of pyridine rings is 1. The molecule has 1 aliphatic rings. The molecular weight excluding hydrogens is 489 g/mol. The minimum Gasteiger partial charge on any atom is -0.472 e. The third kappa shape index (κ3) is 5.53. The van der Waals surface area contributed by atoms with Gasteiger partial charge in [0, 0.05) is 47.6 Å². The van der Waals surface area contributed by atoms with Crippen molar-refractivity contribution in [2.75, 3.05) is 13.1 Å². The molecule has 0 bridgehead atoms. The van der Waals surface area contributed by atoms with E-state index in [1.165, 1.54) is 40.9 Å². The van der Waals surface area contributed by atoms with Crippen molar-refractivity contribution in [2.24, 2.45) is 0 Å². The van der Waals surface area contributed by atoms with Crippen LogP contribution in [0.2, 0.25) is 0 Å². The van der Waals surface area contributed by atoms with Crippen molar-refractivity contribution in [1.82, 2.24) is 19.3 Å². The van der Waals surface area contributed by atoms with Crippen LogP contribution in [0.1, 0.15) is 60.9 Å². The lowest BCUT2D eigenvalue weighted by atomic mass is 10.1. The van der Waals surface area contributed by atoms with Crippen LogP contribution in [0.15, 0.2) is 52.9 Å². The van der Waals surface area contributed by atoms with E-state index in [2.05, 4.69) is 23.8 Å². The van der Waals surface area contributed by atoms with E-state index in [9.17, 15) is 18.0 Å². The highest BCUT2D eigenvalue weighted by molar-refractivity contribution is 7.10. The quantitative estimate of drug-likeness (QED) is 0.284. The van der Waals surface area contributed by atoms with Crippen LogP contribution in [-0.2, 0) is 6.18 Å². The molecule has 5 rings (SSSR count). The zero-order valence-corrected chi connectivity index (χ0v) is 21.7. The molecule has 0 N–H and O–H groups in total. The van der Waals surface area contributed by atoms with Gasteiger partial charge in [0.25, 0.3) is 5.91 Å². The minimum absolute atomic E-state index is 0.00336. The second-order valence-electron chi connectivity index (χ2n) is 7.85. The van der Waals surface area contributed by atoms with Gasteiger partial charge in [-0.25, -0.2) is 9.97 Å². The predicted octanol–water partition coefficient (Wildman–Crippen LogP) is 7.36. The molecule has 0 aromatic carbocycles. The number of thiazole rings is 1. The largest absolute Gasteiger partial charge is 0.472 e. The van der Waals surface area contributed by atoms with Gasteiger partial charge in [-0.3, -0.25) is 4.79 Å². The van der Waals surface area contributed by atoms with Crippen molar-refractivity contribution < 1.29 is 22.4 Å². The molecule has 6 nitrogen and oxygen atoms in total. The lowest BCUT2D eigenvalue weighted by molar-refractivity contribution is -0.136. The van der Waals surface area contributed by atoms with Gasteiger partial charge in [0.2, 0.25) is 0 Å². The Morgan fingerprint density at radius 2 is 1.94 bits per heavy atom. The molecule has 0 spiro atoms. The first-order chi connectivity index (χ1) is 17.2. The molecule has 36 heavy (non-hydrogen) atoms. The number of carbonyl (C=O) groups excluding carboxylic acids is 1. The van der Waals surface area contributed by atoms with Crippen molar-refractivity contribution in [3.8, 4) is 11.1 Å². The Bertz CT molecular complexity index is 1320. The molecule has 0 fully saturated rings. The zero-order valence-electron chi connectivity index (χ0n) is 20.9. The van der Waals surface area contributed by atoms with E-state index in [1.807, 2.05) is 25.3 Å². The maximum Gasteiger partial charge on any atom is 0.420 e. The Morgan fingerprint density at radius 1 is 1.22 bits per heavy atom. The van der Waals surface area contributed by atoms with Gasteiger partial charge in [-0.05, 0) is 19.1 Å². The number of imidazole rings is 1. The first kappa shape index (κ1) is 27.2. The number of aromatic nitrogens is 3. The number of carbonyl (C=O) groups is 1. The molecule has 5 heterocycles. The lowest BCUT2D eigenvalue weighted by Crippen LogP contribution is -2.29. The fourth-order valence-electron chi connectivity index (χ4n) is 3.65. The summed E-state index contributed by atoms with van der Waals surface area (Å²) in [6.07, 6.45) is 4.51. The van der Waals surface area contributed by atoms with Gasteiger partial charge in [0.1, 0.15) is 16.3 Å². The van der Waals surface area contributed by atoms with Gasteiger partial charge >= 0.3 is 6.18 Å². The van der Waals surface area contributed by atoms with E-state index in [4.69, 9.17) is 4.42 Å². The average molecular weight is 519 g/mol. The molecule has 192 valence electrons. The van der Waals surface area contributed by atoms with Crippen molar-refractivity contribution in [3.05, 3.63) is 70.5 Å². The van der Waals surface area contributed by atoms with Crippen LogP contribution >= 0.6 is 11.3 Å². The first-order valence-corrected chi connectivity index (χ1v) is 12.6. The van der Waals surface area contributed by atoms with Gasteiger partial charge < -0.3 is 13.7 Å². The number of furan rings is 1. The Balaban J connectivity index is 0.000000674. The normalized spacial score (nSPS) is 13.1. The molecular formula is C26H29F3N4O2S. The summed E-state index contributed by atoms with van der Waals surface area (Å²) in [7, 11) is 0. The Kier molecular flexibility index (Phi) is 8.73. The Morgan fingerprint density at radius 3 is 2.53 bits per heavy atom. The summed E-state index contributed by atoms with van der Waals surface area (Å²) in [5, 5.41) is 2.68. The maximum atomic E-state index is 13.8. The van der Waals surface area contributed by atoms with Gasteiger partial charge in [-0.2, -0.15) is 13.2 Å². The van der Waals surface area contributed by atoms with Crippen molar-refractivity contribution in [2.45, 2.75) is 47.2 Å². The van der Waals surface area contributed by atoms with E-state index in [0.29, 0.717) is 29.9 Å². The van der Waals surface area contributed by atoms with Crippen LogP contribution in [0.4, 0.5) is 13.2 Å². The van der Waals surface area contributed by atoms with E-state index < -0.39 is 17.6 Å². The summed E-state index contributed by atoms with van der Waals surface area (Å²) in [6, 6.07) is 2.61. The highest BCUT2D eigenvalue weighted by Gasteiger charge is 2.36. The summed E-state index contributed by atoms with van der Waals surface area (Å²) in [5.41, 5.74) is 0.890. The Labute approximate surface area is 212 Å². The molecule has 0 saturated carbocycles. The number of amides is 1. The van der Waals surface area contributed by atoms with Crippen LogP contribution in [0.5, 0.6) is 0 Å². The summed E-state index contributed by atoms with van der Waals surface area (Å²) in [4.78, 5) is 23.1. The topological polar surface area (TPSA) is 63.6 Å². The number of rotatable bonds is 3. The number of aryl methyl sites for hydroxylation is 1. The van der Waals surface area contributed by atoms with Gasteiger partial charge in [0.15, 0.2) is 0 Å². The van der Waals surface area contributed by atoms with Crippen LogP contribution in [0.25, 0.3) is 22.3 Å². The van der Waals surface area contributed by atoms with Crippen LogP contribution in [0, 0.1) is 6.92 Å². The summed E-state index contributed by atoms with van der Waals surface area (Å²) < 4.78 is 47.7. The van der Waals surface area contributed by atoms with Crippen LogP contribution < -0.4 is 0 Å². The third-order valence-electron chi connectivity index (χ3n) is 5.23. The molecule has 0 unspecified atom stereocenters. The third-order valence-corrected chi connectivity index (χ3v) is 6.08. The van der Waals surface area contributed by atoms with Crippen molar-refractivity contribution in [1.29, 1.82) is 0 Å². The molecule has 10 heteroatoms. The molecule has 1 aliphatic heterocycles. The fraction of sp³-hybridized carbons (Fsp3) is 0.346. The summed E-state index contributed by atoms with van der Waals surface area (Å²) in [5.74, 6) is -0.415. The summed E-state index contributed by atoms with van der Waals surface area (Å²) in [6.45, 7) is 10.5. The van der Waals surface area contributed by atoms with Gasteiger partial charge in [0.05, 0.1) is 23.8 Å². The van der Waals surface area contributed by atoms with Crippen molar-refractivity contribution >= 4 is 28.5 Å². The SMILES string of the molecule is CC.CCC.Cc1c(C(=O)N2CC=C(c3nccs3)C2)nc2c(C(F)(F)F)cc(-c3ccoc3)cn12. The van der Waals surface area contributed by atoms with Gasteiger partial charge in [-0.1, -0.05) is 40.2 Å². The van der Waals surface area contributed by atoms with Crippen molar-refractivity contribution in [3.63, 3.8) is 0 Å². The zero-order chi connectivity index (χ0) is 26.5. The van der Waals surface area contributed by atoms with Crippen LogP contribution in [-0.4, -0.2) is 38.3 Å². The molecule has 0 aliphatic carbocycles. The minimum atomic E-state index is -4.63. The number of fused-ring (bicyclic) bond motifs is 1. The molecule has 0 radical (unpaired) electrons. The van der Waals surface area contributed by atoms with E-state index >= 15 is 0 Å². The average Bonchev–Trinajstić information content (AvgIpc) is 3.67. The summed E-state index contributed by atoms with van der Waals surface area (Å²) >= 11 is 1.47. The molecule has 0 atom stereocenters. The second-order valence-corrected chi connectivity index (χ2v) is 8.75. The number of hydrogen-bond acceptors (Lipinski definition) is 5. The number of alkyl halides is 3. The second kappa shape index (κ2) is 11.6. The first-order valence-electron chi connectivity index (χ1n) is 11.7. The smallest absolute Gasteiger partial charge is 0.420 e. The highest BCUT2D eigenvalue weighted by atomic mass is 32.1. The van der Waals surface area contributed by atoms with E-state index in [0.717, 1.165) is 16.6 Å². The Hall–Kier alpha value is -3.40. The fourth-order valence-corrected chi connectivity index (χ4v) is 4.32. The standard InChI is InChI=1S/C21H15F3N4O2S.C3H8.C2H6/c1-12-17(20(29)27-5-2-13(9-27)19-25-4-7-31-19)26-18-16(21(22,23)24)8-15(10-28(12)18)14-3-6-30-11-14;1-3-2;1-2/h2-4,6-8,10-11H,5,9H2,1H3;3H2,1-2H3;1-2H3. The lowest BCUT2D eigenvalue weighted by Gasteiger charge is -2.15. The maximum absolute atomic E-state index is 13.8. The molecule has 4 aromatic rings. The molecule has 0 saturated heterocycles. The van der Waals surface area contributed by atoms with E-state index in [-0.39, 0.29) is 11.3 Å². The number of nitrogens with zero attached hydrogens (tertiary/aromatic N) is 4. The molecule has 4 aromatic heterocycles. The van der Waals surface area contributed by atoms with E-state index in [1.54, 1.807) is 24.1 Å². The van der Waals surface area contributed by atoms with Gasteiger partial charge in [-0.15, -0.1) is 11.3 Å². The van der Waals surface area contributed by atoms with Crippen LogP contribution in [0.3, 0.4) is 0 Å². The number of halogens is 3. The number of hydrogen-bond donors (Lipinski definition) is 0. The monoisotopic (exact) mass is 518 g/mol. The molecule has 1 amide bonds.